The van der Waals surface area contributed by atoms with Crippen LogP contribution < -0.4 is 10.6 Å². The second kappa shape index (κ2) is 8.60. The number of carbonyl (C=O) groups excluding carboxylic acids is 1. The number of aliphatic imine (C=N–C) groups is 1. The van der Waals surface area contributed by atoms with Gasteiger partial charge in [-0.15, -0.1) is 0 Å². The van der Waals surface area contributed by atoms with E-state index >= 15 is 0 Å². The van der Waals surface area contributed by atoms with Crippen LogP contribution in [0, 0.1) is 6.92 Å². The van der Waals surface area contributed by atoms with Crippen LogP contribution in [0.3, 0.4) is 0 Å². The van der Waals surface area contributed by atoms with Gasteiger partial charge >= 0.3 is 6.18 Å². The first kappa shape index (κ1) is 19.9. The van der Waals surface area contributed by atoms with Gasteiger partial charge in [0.2, 0.25) is 5.91 Å². The van der Waals surface area contributed by atoms with Gasteiger partial charge in [-0.1, -0.05) is 0 Å². The number of rotatable bonds is 6. The molecule has 1 rings (SSSR count). The summed E-state index contributed by atoms with van der Waals surface area (Å²) in [7, 11) is 1.10. The van der Waals surface area contributed by atoms with E-state index in [0.717, 1.165) is 12.8 Å². The monoisotopic (exact) mass is 348 g/mol. The number of likely N-dealkylation sites (N-methyl/N-ethyl adjacent to an activating group) is 1. The van der Waals surface area contributed by atoms with E-state index < -0.39 is 18.6 Å². The van der Waals surface area contributed by atoms with Crippen molar-refractivity contribution in [2.75, 3.05) is 26.7 Å². The molecule has 0 radical (unpaired) electrons. The van der Waals surface area contributed by atoms with Gasteiger partial charge in [-0.05, 0) is 32.9 Å². The number of hydrogen-bond donors (Lipinski definition) is 2. The average molecular weight is 348 g/mol. The van der Waals surface area contributed by atoms with E-state index in [1.54, 1.807) is 0 Å². The molecule has 0 bridgehead atoms. The lowest BCUT2D eigenvalue weighted by molar-refractivity contribution is -0.157. The number of amides is 1. The van der Waals surface area contributed by atoms with Crippen LogP contribution in [0.25, 0.3) is 0 Å². The van der Waals surface area contributed by atoms with Gasteiger partial charge in [0.25, 0.3) is 0 Å². The van der Waals surface area contributed by atoms with Gasteiger partial charge in [0.05, 0.1) is 6.04 Å². The van der Waals surface area contributed by atoms with Crippen LogP contribution in [-0.4, -0.2) is 49.6 Å². The number of alkyl halides is 3. The molecule has 2 N–H and O–H groups in total. The summed E-state index contributed by atoms with van der Waals surface area (Å²) in [4.78, 5) is 16.4. The van der Waals surface area contributed by atoms with Gasteiger partial charge in [-0.3, -0.25) is 4.79 Å². The molecule has 0 aliphatic heterocycles. The molecule has 136 valence electrons. The highest BCUT2D eigenvalue weighted by Crippen LogP contribution is 2.16. The highest BCUT2D eigenvalue weighted by Gasteiger charge is 2.31. The van der Waals surface area contributed by atoms with E-state index in [-0.39, 0.29) is 12.6 Å². The number of guanidine groups is 1. The topological polar surface area (TPSA) is 69.9 Å². The maximum absolute atomic E-state index is 12.3. The Morgan fingerprint density at radius 1 is 1.42 bits per heavy atom. The third-order valence-electron chi connectivity index (χ3n) is 3.10. The fourth-order valence-corrected chi connectivity index (χ4v) is 1.91. The summed E-state index contributed by atoms with van der Waals surface area (Å²) < 4.78 is 42.3. The summed E-state index contributed by atoms with van der Waals surface area (Å²) in [5, 5.41) is 5.98. The molecule has 1 aromatic heterocycles. The Labute approximate surface area is 139 Å². The molecule has 0 aliphatic carbocycles. The molecule has 1 unspecified atom stereocenters. The maximum atomic E-state index is 12.3. The van der Waals surface area contributed by atoms with E-state index in [9.17, 15) is 18.0 Å². The molecule has 0 aromatic carbocycles. The third-order valence-corrected chi connectivity index (χ3v) is 3.10. The molecule has 0 saturated heterocycles. The molecular weight excluding hydrogens is 325 g/mol. The van der Waals surface area contributed by atoms with Crippen molar-refractivity contribution in [2.45, 2.75) is 33.0 Å². The quantitative estimate of drug-likeness (QED) is 0.611. The summed E-state index contributed by atoms with van der Waals surface area (Å²) in [5.74, 6) is 1.07. The number of hydrogen-bond acceptors (Lipinski definition) is 3. The lowest BCUT2D eigenvalue weighted by Gasteiger charge is -2.19. The van der Waals surface area contributed by atoms with E-state index in [0.29, 0.717) is 23.2 Å². The molecule has 1 amide bonds. The zero-order chi connectivity index (χ0) is 18.3. The molecular formula is C15H23F3N4O2. The van der Waals surface area contributed by atoms with Crippen molar-refractivity contribution in [3.8, 4) is 0 Å². The van der Waals surface area contributed by atoms with Crippen molar-refractivity contribution < 1.29 is 22.4 Å². The Hall–Kier alpha value is -2.19. The maximum Gasteiger partial charge on any atom is 0.406 e. The Morgan fingerprint density at radius 3 is 2.58 bits per heavy atom. The Bertz CT molecular complexity index is 569. The minimum Gasteiger partial charge on any atom is -0.464 e. The Morgan fingerprint density at radius 2 is 2.08 bits per heavy atom. The third kappa shape index (κ3) is 6.93. The molecule has 24 heavy (non-hydrogen) atoms. The fraction of sp³-hybridized carbons (Fsp3) is 0.600. The molecule has 1 atom stereocenters. The van der Waals surface area contributed by atoms with Crippen LogP contribution in [0.1, 0.15) is 31.4 Å². The fourth-order valence-electron chi connectivity index (χ4n) is 1.91. The van der Waals surface area contributed by atoms with Gasteiger partial charge in [-0.25, -0.2) is 4.99 Å². The molecule has 1 heterocycles. The molecule has 6 nitrogen and oxygen atoms in total. The summed E-state index contributed by atoms with van der Waals surface area (Å²) in [6, 6.07) is 3.44. The van der Waals surface area contributed by atoms with E-state index in [4.69, 9.17) is 4.42 Å². The van der Waals surface area contributed by atoms with E-state index in [2.05, 4.69) is 15.6 Å². The smallest absolute Gasteiger partial charge is 0.406 e. The zero-order valence-corrected chi connectivity index (χ0v) is 14.2. The number of carbonyl (C=O) groups is 1. The lowest BCUT2D eigenvalue weighted by atomic mass is 10.2. The van der Waals surface area contributed by atoms with Crippen molar-refractivity contribution in [2.24, 2.45) is 4.99 Å². The second-order valence-electron chi connectivity index (χ2n) is 5.37. The minimum atomic E-state index is -4.43. The number of furan rings is 1. The molecule has 0 saturated carbocycles. The van der Waals surface area contributed by atoms with Crippen LogP contribution in [-0.2, 0) is 4.79 Å². The first-order valence-electron chi connectivity index (χ1n) is 7.54. The van der Waals surface area contributed by atoms with Crippen LogP contribution in [0.5, 0.6) is 0 Å². The van der Waals surface area contributed by atoms with Crippen molar-refractivity contribution in [1.29, 1.82) is 0 Å². The summed E-state index contributed by atoms with van der Waals surface area (Å²) in [6.45, 7) is 4.38. The van der Waals surface area contributed by atoms with E-state index in [1.165, 1.54) is 0 Å². The summed E-state index contributed by atoms with van der Waals surface area (Å²) >= 11 is 0. The summed E-state index contributed by atoms with van der Waals surface area (Å²) in [5.41, 5.74) is 0. The van der Waals surface area contributed by atoms with Crippen LogP contribution in [0.4, 0.5) is 13.2 Å². The van der Waals surface area contributed by atoms with Crippen LogP contribution in [0.15, 0.2) is 21.5 Å². The SMILES string of the molecule is CCNC(=NCC(=O)N(C)CC(F)(F)F)NC(C)c1ccc(C)o1. The molecule has 0 fully saturated rings. The van der Waals surface area contributed by atoms with Gasteiger partial charge < -0.3 is 20.0 Å². The molecule has 1 aromatic rings. The largest absolute Gasteiger partial charge is 0.464 e. The molecule has 9 heteroatoms. The average Bonchev–Trinajstić information content (AvgIpc) is 2.89. The first-order chi connectivity index (χ1) is 11.1. The van der Waals surface area contributed by atoms with Crippen LogP contribution >= 0.6 is 0 Å². The van der Waals surface area contributed by atoms with Gasteiger partial charge in [0, 0.05) is 13.6 Å². The second-order valence-corrected chi connectivity index (χ2v) is 5.37. The molecule has 0 aliphatic rings. The Balaban J connectivity index is 2.66. The summed E-state index contributed by atoms with van der Waals surface area (Å²) in [6.07, 6.45) is -4.43. The van der Waals surface area contributed by atoms with Crippen LogP contribution in [0.2, 0.25) is 0 Å². The minimum absolute atomic E-state index is 0.209. The van der Waals surface area contributed by atoms with Crippen molar-refractivity contribution >= 4 is 11.9 Å². The van der Waals surface area contributed by atoms with Gasteiger partial charge in [-0.2, -0.15) is 13.2 Å². The van der Waals surface area contributed by atoms with E-state index in [1.807, 2.05) is 32.9 Å². The number of aryl methyl sites for hydroxylation is 1. The predicted molar refractivity (Wildman–Crippen MR) is 84.7 cm³/mol. The van der Waals surface area contributed by atoms with Crippen molar-refractivity contribution in [1.82, 2.24) is 15.5 Å². The van der Waals surface area contributed by atoms with Crippen molar-refractivity contribution in [3.05, 3.63) is 23.7 Å². The normalized spacial score (nSPS) is 13.5. The first-order valence-corrected chi connectivity index (χ1v) is 7.54. The number of halogens is 3. The highest BCUT2D eigenvalue weighted by atomic mass is 19.4. The molecule has 0 spiro atoms. The lowest BCUT2D eigenvalue weighted by Crippen LogP contribution is -2.41. The Kier molecular flexibility index (Phi) is 7.12. The van der Waals surface area contributed by atoms with Gasteiger partial charge in [0.1, 0.15) is 24.6 Å². The number of nitrogens with one attached hydrogen (secondary N) is 2. The van der Waals surface area contributed by atoms with Crippen molar-refractivity contribution in [3.63, 3.8) is 0 Å². The predicted octanol–water partition coefficient (Wildman–Crippen LogP) is 2.22. The highest BCUT2D eigenvalue weighted by molar-refractivity contribution is 5.85. The standard InChI is InChI=1S/C15H23F3N4O2/c1-5-19-14(21-11(3)12-7-6-10(2)24-12)20-8-13(23)22(4)9-15(16,17)18/h6-7,11H,5,8-9H2,1-4H3,(H2,19,20,21). The zero-order valence-electron chi connectivity index (χ0n) is 14.2. The van der Waals surface area contributed by atoms with Gasteiger partial charge in [0.15, 0.2) is 5.96 Å². The number of nitrogens with zero attached hydrogens (tertiary/aromatic N) is 2.